The summed E-state index contributed by atoms with van der Waals surface area (Å²) in [5, 5.41) is 9.20. The van der Waals surface area contributed by atoms with Crippen molar-refractivity contribution >= 4 is 5.97 Å². The van der Waals surface area contributed by atoms with Crippen LogP contribution < -0.4 is 0 Å². The van der Waals surface area contributed by atoms with E-state index in [-0.39, 0.29) is 0 Å². The molecule has 0 aliphatic carbocycles. The maximum Gasteiger partial charge on any atom is 0.310 e. The van der Waals surface area contributed by atoms with Gasteiger partial charge >= 0.3 is 5.97 Å². The fourth-order valence-electron chi connectivity index (χ4n) is 2.84. The van der Waals surface area contributed by atoms with E-state index < -0.39 is 11.4 Å². The topological polar surface area (TPSA) is 43.8 Å². The molecule has 16 heavy (non-hydrogen) atoms. The summed E-state index contributed by atoms with van der Waals surface area (Å²) in [5.41, 5.74) is -0.511. The van der Waals surface area contributed by atoms with Gasteiger partial charge in [-0.1, -0.05) is 0 Å². The zero-order valence-corrected chi connectivity index (χ0v) is 10.3. The highest BCUT2D eigenvalue weighted by atomic mass is 16.4. The van der Waals surface area contributed by atoms with Gasteiger partial charge in [0.2, 0.25) is 0 Å². The molecule has 4 nitrogen and oxygen atoms in total. The maximum absolute atomic E-state index is 11.2. The number of likely N-dealkylation sites (tertiary alicyclic amines) is 2. The van der Waals surface area contributed by atoms with Gasteiger partial charge in [-0.2, -0.15) is 0 Å². The molecule has 2 fully saturated rings. The Morgan fingerprint density at radius 1 is 1.31 bits per heavy atom. The molecule has 2 rings (SSSR count). The fourth-order valence-corrected chi connectivity index (χ4v) is 2.84. The Morgan fingerprint density at radius 2 is 1.94 bits per heavy atom. The van der Waals surface area contributed by atoms with Gasteiger partial charge in [-0.25, -0.2) is 0 Å². The number of carboxylic acid groups (broad SMARTS) is 1. The molecule has 0 aromatic rings. The molecule has 0 amide bonds. The molecule has 4 heteroatoms. The van der Waals surface area contributed by atoms with Crippen molar-refractivity contribution in [3.8, 4) is 0 Å². The van der Waals surface area contributed by atoms with E-state index in [1.165, 1.54) is 12.8 Å². The van der Waals surface area contributed by atoms with Crippen LogP contribution in [0.4, 0.5) is 0 Å². The number of piperidine rings is 1. The number of carbonyl (C=O) groups is 1. The molecule has 2 saturated heterocycles. The molecule has 1 atom stereocenters. The first-order chi connectivity index (χ1) is 7.51. The summed E-state index contributed by atoms with van der Waals surface area (Å²) in [6.07, 6.45) is 3.17. The van der Waals surface area contributed by atoms with E-state index in [0.29, 0.717) is 6.04 Å². The highest BCUT2D eigenvalue weighted by Crippen LogP contribution is 2.33. The van der Waals surface area contributed by atoms with Crippen LogP contribution in [0, 0.1) is 5.41 Å². The second kappa shape index (κ2) is 4.34. The summed E-state index contributed by atoms with van der Waals surface area (Å²) in [5.74, 6) is -0.636. The van der Waals surface area contributed by atoms with Crippen molar-refractivity contribution in [2.24, 2.45) is 5.41 Å². The lowest BCUT2D eigenvalue weighted by atomic mass is 9.90. The van der Waals surface area contributed by atoms with Crippen LogP contribution in [-0.4, -0.2) is 60.1 Å². The van der Waals surface area contributed by atoms with Gasteiger partial charge in [0.15, 0.2) is 0 Å². The molecular weight excluding hydrogens is 204 g/mol. The first-order valence-corrected chi connectivity index (χ1v) is 6.17. The Hall–Kier alpha value is -0.610. The molecule has 0 spiro atoms. The lowest BCUT2D eigenvalue weighted by molar-refractivity contribution is -0.147. The van der Waals surface area contributed by atoms with E-state index in [1.54, 1.807) is 0 Å². The summed E-state index contributed by atoms with van der Waals surface area (Å²) >= 11 is 0. The average Bonchev–Trinajstić information content (AvgIpc) is 2.63. The minimum absolute atomic E-state index is 0.511. The molecule has 2 aliphatic rings. The van der Waals surface area contributed by atoms with Crippen molar-refractivity contribution in [1.29, 1.82) is 0 Å². The first kappa shape index (κ1) is 11.9. The third-order valence-electron chi connectivity index (χ3n) is 4.22. The highest BCUT2D eigenvalue weighted by molar-refractivity contribution is 5.74. The summed E-state index contributed by atoms with van der Waals surface area (Å²) in [4.78, 5) is 15.9. The van der Waals surface area contributed by atoms with Crippen LogP contribution in [0.5, 0.6) is 0 Å². The number of nitrogens with zero attached hydrogens (tertiary/aromatic N) is 2. The van der Waals surface area contributed by atoms with Crippen molar-refractivity contribution in [3.63, 3.8) is 0 Å². The van der Waals surface area contributed by atoms with Crippen molar-refractivity contribution in [3.05, 3.63) is 0 Å². The molecule has 0 aromatic heterocycles. The average molecular weight is 226 g/mol. The lowest BCUT2D eigenvalue weighted by Crippen LogP contribution is -2.44. The Labute approximate surface area is 97.2 Å². The van der Waals surface area contributed by atoms with E-state index >= 15 is 0 Å². The molecule has 1 N–H and O–H groups in total. The number of aliphatic carboxylic acids is 1. The molecule has 0 saturated carbocycles. The second-order valence-electron chi connectivity index (χ2n) is 5.62. The van der Waals surface area contributed by atoms with E-state index in [9.17, 15) is 9.90 Å². The van der Waals surface area contributed by atoms with Crippen LogP contribution in [0.3, 0.4) is 0 Å². The van der Waals surface area contributed by atoms with Crippen molar-refractivity contribution in [2.75, 3.05) is 33.2 Å². The Morgan fingerprint density at radius 3 is 2.44 bits per heavy atom. The van der Waals surface area contributed by atoms with Crippen LogP contribution in [0.15, 0.2) is 0 Å². The van der Waals surface area contributed by atoms with Gasteiger partial charge < -0.3 is 10.0 Å². The Kier molecular flexibility index (Phi) is 3.22. The van der Waals surface area contributed by atoms with Crippen LogP contribution in [0.25, 0.3) is 0 Å². The molecule has 2 aliphatic heterocycles. The third-order valence-corrected chi connectivity index (χ3v) is 4.22. The quantitative estimate of drug-likeness (QED) is 0.759. The summed E-state index contributed by atoms with van der Waals surface area (Å²) in [6, 6.07) is 0.609. The Balaban J connectivity index is 1.91. The largest absolute Gasteiger partial charge is 0.481 e. The SMILES string of the molecule is CN1CCC(N2CCC(C)(C(=O)O)C2)CC1. The minimum atomic E-state index is -0.636. The highest BCUT2D eigenvalue weighted by Gasteiger charge is 2.42. The zero-order valence-electron chi connectivity index (χ0n) is 10.3. The van der Waals surface area contributed by atoms with Gasteiger partial charge in [-0.15, -0.1) is 0 Å². The normalized spacial score (nSPS) is 34.4. The van der Waals surface area contributed by atoms with Crippen molar-refractivity contribution in [2.45, 2.75) is 32.2 Å². The first-order valence-electron chi connectivity index (χ1n) is 6.17. The lowest BCUT2D eigenvalue weighted by Gasteiger charge is -2.35. The molecule has 2 heterocycles. The monoisotopic (exact) mass is 226 g/mol. The fraction of sp³-hybridized carbons (Fsp3) is 0.917. The number of hydrogen-bond acceptors (Lipinski definition) is 3. The summed E-state index contributed by atoms with van der Waals surface area (Å²) < 4.78 is 0. The minimum Gasteiger partial charge on any atom is -0.481 e. The van der Waals surface area contributed by atoms with Gasteiger partial charge in [0, 0.05) is 12.6 Å². The third kappa shape index (κ3) is 2.23. The van der Waals surface area contributed by atoms with Gasteiger partial charge in [0.1, 0.15) is 0 Å². The van der Waals surface area contributed by atoms with Gasteiger partial charge in [-0.05, 0) is 52.9 Å². The summed E-state index contributed by atoms with van der Waals surface area (Å²) in [7, 11) is 2.15. The van der Waals surface area contributed by atoms with Gasteiger partial charge in [0.25, 0.3) is 0 Å². The maximum atomic E-state index is 11.2. The van der Waals surface area contributed by atoms with E-state index in [1.807, 2.05) is 6.92 Å². The van der Waals surface area contributed by atoms with Crippen molar-refractivity contribution < 1.29 is 9.90 Å². The van der Waals surface area contributed by atoms with Crippen LogP contribution >= 0.6 is 0 Å². The van der Waals surface area contributed by atoms with Gasteiger partial charge in [-0.3, -0.25) is 9.69 Å². The number of rotatable bonds is 2. The molecule has 0 aromatic carbocycles. The van der Waals surface area contributed by atoms with Crippen LogP contribution in [0.2, 0.25) is 0 Å². The van der Waals surface area contributed by atoms with Gasteiger partial charge in [0.05, 0.1) is 5.41 Å². The molecule has 92 valence electrons. The predicted octanol–water partition coefficient (Wildman–Crippen LogP) is 0.877. The van der Waals surface area contributed by atoms with E-state index in [0.717, 1.165) is 32.6 Å². The second-order valence-corrected chi connectivity index (χ2v) is 5.62. The Bertz CT molecular complexity index is 274. The summed E-state index contributed by atoms with van der Waals surface area (Å²) in [6.45, 7) is 5.86. The molecular formula is C12H22N2O2. The standard InChI is InChI=1S/C12H22N2O2/c1-12(11(15)16)5-8-14(9-12)10-3-6-13(2)7-4-10/h10H,3-9H2,1-2H3,(H,15,16). The number of hydrogen-bond donors (Lipinski definition) is 1. The van der Waals surface area contributed by atoms with E-state index in [4.69, 9.17) is 0 Å². The van der Waals surface area contributed by atoms with Crippen molar-refractivity contribution in [1.82, 2.24) is 9.80 Å². The predicted molar refractivity (Wildman–Crippen MR) is 62.5 cm³/mol. The molecule has 1 unspecified atom stereocenters. The smallest absolute Gasteiger partial charge is 0.310 e. The van der Waals surface area contributed by atoms with Crippen LogP contribution in [0.1, 0.15) is 26.2 Å². The molecule has 0 radical (unpaired) electrons. The van der Waals surface area contributed by atoms with Crippen LogP contribution in [-0.2, 0) is 4.79 Å². The number of carboxylic acids is 1. The van der Waals surface area contributed by atoms with E-state index in [2.05, 4.69) is 16.8 Å². The molecule has 0 bridgehead atoms. The zero-order chi connectivity index (χ0) is 11.8.